The number of nitrogens with zero attached hydrogens (tertiary/aromatic N) is 1. The predicted molar refractivity (Wildman–Crippen MR) is 48.4 cm³/mol. The Labute approximate surface area is 76.5 Å². The molecule has 0 fully saturated rings. The van der Waals surface area contributed by atoms with Gasteiger partial charge in [0.2, 0.25) is 5.88 Å². The average Bonchev–Trinajstić information content (AvgIpc) is 2.01. The molecule has 0 aromatic carbocycles. The van der Waals surface area contributed by atoms with Gasteiger partial charge in [0.1, 0.15) is 11.8 Å². The molecule has 1 heterocycles. The van der Waals surface area contributed by atoms with Crippen LogP contribution in [0.4, 0.5) is 0 Å². The largest absolute Gasteiger partial charge is 0.476 e. The topological polar surface area (TPSA) is 48.1 Å². The Morgan fingerprint density at radius 1 is 1.67 bits per heavy atom. The highest BCUT2D eigenvalue weighted by Crippen LogP contribution is 2.10. The second-order valence-corrected chi connectivity index (χ2v) is 2.97. The van der Waals surface area contributed by atoms with Crippen LogP contribution in [0.3, 0.4) is 0 Å². The van der Waals surface area contributed by atoms with Crippen molar-refractivity contribution in [2.75, 3.05) is 6.61 Å². The predicted octanol–water partition coefficient (Wildman–Crippen LogP) is 1.46. The lowest BCUT2D eigenvalue weighted by Crippen LogP contribution is -2.23. The first-order valence-corrected chi connectivity index (χ1v) is 4.07. The third-order valence-electron chi connectivity index (χ3n) is 1.18. The van der Waals surface area contributed by atoms with Gasteiger partial charge in [-0.05, 0) is 13.0 Å². The lowest BCUT2D eigenvalue weighted by molar-refractivity contribution is 0.285. The smallest absolute Gasteiger partial charge is 0.214 e. The number of pyridine rings is 1. The van der Waals surface area contributed by atoms with E-state index < -0.39 is 0 Å². The molecular weight excluding hydrogens is 176 g/mol. The molecule has 0 aliphatic rings. The molecule has 0 aliphatic carbocycles. The van der Waals surface area contributed by atoms with Crippen LogP contribution in [0.5, 0.6) is 5.88 Å². The van der Waals surface area contributed by atoms with Crippen molar-refractivity contribution in [1.29, 1.82) is 0 Å². The summed E-state index contributed by atoms with van der Waals surface area (Å²) in [5, 5.41) is 0.428. The van der Waals surface area contributed by atoms with Crippen LogP contribution in [0.25, 0.3) is 0 Å². The minimum Gasteiger partial charge on any atom is -0.476 e. The van der Waals surface area contributed by atoms with Gasteiger partial charge in [-0.15, -0.1) is 0 Å². The van der Waals surface area contributed by atoms with Crippen LogP contribution in [-0.2, 0) is 0 Å². The lowest BCUT2D eigenvalue weighted by atomic mass is 10.4. The molecule has 0 aliphatic heterocycles. The molecule has 1 unspecified atom stereocenters. The molecule has 4 heteroatoms. The van der Waals surface area contributed by atoms with E-state index in [2.05, 4.69) is 4.98 Å². The van der Waals surface area contributed by atoms with Gasteiger partial charge in [0.15, 0.2) is 0 Å². The molecular formula is C8H11ClN2O. The molecule has 66 valence electrons. The van der Waals surface area contributed by atoms with Gasteiger partial charge < -0.3 is 10.5 Å². The summed E-state index contributed by atoms with van der Waals surface area (Å²) < 4.78 is 5.23. The van der Waals surface area contributed by atoms with Crippen LogP contribution < -0.4 is 10.5 Å². The number of ether oxygens (including phenoxy) is 1. The van der Waals surface area contributed by atoms with E-state index in [4.69, 9.17) is 22.1 Å². The first kappa shape index (κ1) is 9.29. The summed E-state index contributed by atoms with van der Waals surface area (Å²) in [6.45, 7) is 2.32. The van der Waals surface area contributed by atoms with Crippen LogP contribution in [0, 0.1) is 0 Å². The van der Waals surface area contributed by atoms with E-state index in [1.54, 1.807) is 18.2 Å². The van der Waals surface area contributed by atoms with Crippen molar-refractivity contribution in [3.8, 4) is 5.88 Å². The van der Waals surface area contributed by atoms with Crippen molar-refractivity contribution >= 4 is 11.6 Å². The summed E-state index contributed by atoms with van der Waals surface area (Å²) in [5.74, 6) is 0.514. The molecule has 0 spiro atoms. The first-order chi connectivity index (χ1) is 5.68. The number of hydrogen-bond acceptors (Lipinski definition) is 3. The maximum absolute atomic E-state index is 5.64. The van der Waals surface area contributed by atoms with E-state index in [1.807, 2.05) is 6.92 Å². The monoisotopic (exact) mass is 186 g/mol. The second kappa shape index (κ2) is 4.28. The van der Waals surface area contributed by atoms with Crippen molar-refractivity contribution < 1.29 is 4.74 Å². The first-order valence-electron chi connectivity index (χ1n) is 3.69. The Bertz CT molecular complexity index is 253. The van der Waals surface area contributed by atoms with E-state index in [9.17, 15) is 0 Å². The standard InChI is InChI=1S/C8H11ClN2O/c1-6(10)5-12-8-4-2-3-7(9)11-8/h2-4,6H,5,10H2,1H3. The van der Waals surface area contributed by atoms with E-state index in [-0.39, 0.29) is 6.04 Å². The van der Waals surface area contributed by atoms with Crippen molar-refractivity contribution in [3.63, 3.8) is 0 Å². The van der Waals surface area contributed by atoms with Gasteiger partial charge in [-0.25, -0.2) is 4.98 Å². The van der Waals surface area contributed by atoms with Crippen molar-refractivity contribution in [2.45, 2.75) is 13.0 Å². The Morgan fingerprint density at radius 2 is 2.42 bits per heavy atom. The van der Waals surface area contributed by atoms with E-state index >= 15 is 0 Å². The Morgan fingerprint density at radius 3 is 3.00 bits per heavy atom. The van der Waals surface area contributed by atoms with Gasteiger partial charge in [0.05, 0.1) is 0 Å². The van der Waals surface area contributed by atoms with E-state index in [0.29, 0.717) is 17.6 Å². The zero-order valence-corrected chi connectivity index (χ0v) is 7.58. The summed E-state index contributed by atoms with van der Waals surface area (Å²) in [6.07, 6.45) is 0. The fraction of sp³-hybridized carbons (Fsp3) is 0.375. The van der Waals surface area contributed by atoms with E-state index in [1.165, 1.54) is 0 Å². The number of halogens is 1. The van der Waals surface area contributed by atoms with Crippen molar-refractivity contribution in [3.05, 3.63) is 23.4 Å². The van der Waals surface area contributed by atoms with E-state index in [0.717, 1.165) is 0 Å². The molecule has 1 atom stereocenters. The van der Waals surface area contributed by atoms with Gasteiger partial charge >= 0.3 is 0 Å². The molecule has 1 aromatic rings. The number of hydrogen-bond donors (Lipinski definition) is 1. The zero-order valence-electron chi connectivity index (χ0n) is 6.83. The molecule has 0 saturated heterocycles. The maximum atomic E-state index is 5.64. The third-order valence-corrected chi connectivity index (χ3v) is 1.39. The lowest BCUT2D eigenvalue weighted by Gasteiger charge is -2.06. The average molecular weight is 187 g/mol. The molecule has 0 saturated carbocycles. The normalized spacial score (nSPS) is 12.6. The van der Waals surface area contributed by atoms with Crippen LogP contribution in [0.15, 0.2) is 18.2 Å². The summed E-state index contributed by atoms with van der Waals surface area (Å²) >= 11 is 5.64. The third kappa shape index (κ3) is 3.07. The Balaban J connectivity index is 2.52. The highest BCUT2D eigenvalue weighted by atomic mass is 35.5. The summed E-state index contributed by atoms with van der Waals surface area (Å²) in [6, 6.07) is 5.23. The molecule has 1 aromatic heterocycles. The molecule has 0 amide bonds. The summed E-state index contributed by atoms with van der Waals surface area (Å²) in [5.41, 5.74) is 5.49. The molecule has 0 bridgehead atoms. The van der Waals surface area contributed by atoms with Gasteiger partial charge in [-0.2, -0.15) is 0 Å². The van der Waals surface area contributed by atoms with Gasteiger partial charge in [0, 0.05) is 12.1 Å². The molecule has 1 rings (SSSR count). The quantitative estimate of drug-likeness (QED) is 0.728. The van der Waals surface area contributed by atoms with Crippen LogP contribution >= 0.6 is 11.6 Å². The fourth-order valence-corrected chi connectivity index (χ4v) is 0.843. The van der Waals surface area contributed by atoms with Crippen LogP contribution in [0.1, 0.15) is 6.92 Å². The summed E-state index contributed by atoms with van der Waals surface area (Å²) in [7, 11) is 0. The molecule has 12 heavy (non-hydrogen) atoms. The zero-order chi connectivity index (χ0) is 8.97. The highest BCUT2D eigenvalue weighted by molar-refractivity contribution is 6.29. The summed E-state index contributed by atoms with van der Waals surface area (Å²) in [4.78, 5) is 3.93. The molecule has 0 radical (unpaired) electrons. The number of nitrogens with two attached hydrogens (primary N) is 1. The SMILES string of the molecule is CC(N)COc1cccc(Cl)n1. The maximum Gasteiger partial charge on any atom is 0.214 e. The number of aromatic nitrogens is 1. The number of rotatable bonds is 3. The minimum absolute atomic E-state index is 0.00535. The van der Waals surface area contributed by atoms with Crippen LogP contribution in [0.2, 0.25) is 5.15 Å². The van der Waals surface area contributed by atoms with Crippen molar-refractivity contribution in [1.82, 2.24) is 4.98 Å². The van der Waals surface area contributed by atoms with Gasteiger partial charge in [-0.1, -0.05) is 17.7 Å². The Hall–Kier alpha value is -0.800. The molecule has 3 nitrogen and oxygen atoms in total. The van der Waals surface area contributed by atoms with Gasteiger partial charge in [-0.3, -0.25) is 0 Å². The van der Waals surface area contributed by atoms with Gasteiger partial charge in [0.25, 0.3) is 0 Å². The second-order valence-electron chi connectivity index (χ2n) is 2.59. The highest BCUT2D eigenvalue weighted by Gasteiger charge is 1.98. The Kier molecular flexibility index (Phi) is 3.31. The van der Waals surface area contributed by atoms with Crippen molar-refractivity contribution in [2.24, 2.45) is 5.73 Å². The van der Waals surface area contributed by atoms with Crippen LogP contribution in [-0.4, -0.2) is 17.6 Å². The molecule has 2 N–H and O–H groups in total. The fourth-order valence-electron chi connectivity index (χ4n) is 0.687. The minimum atomic E-state index is 0.00535.